The van der Waals surface area contributed by atoms with Crippen LogP contribution in [0.4, 0.5) is 0 Å². The molecule has 76 valence electrons. The normalized spacial score (nSPS) is 21.9. The van der Waals surface area contributed by atoms with Crippen molar-refractivity contribution in [2.45, 2.75) is 19.4 Å². The lowest BCUT2D eigenvalue weighted by Gasteiger charge is -2.39. The summed E-state index contributed by atoms with van der Waals surface area (Å²) in [5.74, 6) is -1.02. The van der Waals surface area contributed by atoms with Crippen LogP contribution in [-0.4, -0.2) is 44.5 Å². The number of hydrogen-bond acceptors (Lipinski definition) is 4. The maximum absolute atomic E-state index is 10.8. The summed E-state index contributed by atoms with van der Waals surface area (Å²) in [6, 6.07) is 0.129. The Kier molecular flexibility index (Phi) is 2.20. The summed E-state index contributed by atoms with van der Waals surface area (Å²) in [5.41, 5.74) is 0.610. The zero-order valence-corrected chi connectivity index (χ0v) is 7.90. The number of nitrogens with one attached hydrogen (secondary N) is 1. The van der Waals surface area contributed by atoms with E-state index in [1.807, 2.05) is 6.92 Å². The lowest BCUT2D eigenvalue weighted by atomic mass is 9.98. The summed E-state index contributed by atoms with van der Waals surface area (Å²) < 4.78 is 0. The van der Waals surface area contributed by atoms with Crippen LogP contribution in [0.2, 0.25) is 0 Å². The molecule has 1 fully saturated rings. The average Bonchev–Trinajstić information content (AvgIpc) is 2.51. The molecule has 1 aromatic heterocycles. The summed E-state index contributed by atoms with van der Waals surface area (Å²) in [6.07, 6.45) is 0.959. The van der Waals surface area contributed by atoms with E-state index >= 15 is 0 Å². The van der Waals surface area contributed by atoms with Gasteiger partial charge < -0.3 is 5.11 Å². The summed E-state index contributed by atoms with van der Waals surface area (Å²) in [7, 11) is 0. The molecule has 14 heavy (non-hydrogen) atoms. The van der Waals surface area contributed by atoms with Crippen LogP contribution in [0.25, 0.3) is 0 Å². The summed E-state index contributed by atoms with van der Waals surface area (Å²) in [6.45, 7) is 3.97. The Morgan fingerprint density at radius 3 is 3.00 bits per heavy atom. The van der Waals surface area contributed by atoms with Crippen molar-refractivity contribution in [3.63, 3.8) is 0 Å². The number of carboxylic acid groups (broad SMARTS) is 1. The van der Waals surface area contributed by atoms with Gasteiger partial charge >= 0.3 is 5.97 Å². The van der Waals surface area contributed by atoms with Gasteiger partial charge in [0, 0.05) is 6.54 Å². The van der Waals surface area contributed by atoms with Crippen LogP contribution in [0.15, 0.2) is 0 Å². The van der Waals surface area contributed by atoms with Crippen LogP contribution in [-0.2, 0) is 0 Å². The molecule has 1 aromatic rings. The minimum Gasteiger partial charge on any atom is -0.476 e. The van der Waals surface area contributed by atoms with E-state index in [4.69, 9.17) is 5.11 Å². The van der Waals surface area contributed by atoms with Gasteiger partial charge in [-0.25, -0.2) is 4.79 Å². The second kappa shape index (κ2) is 3.38. The van der Waals surface area contributed by atoms with Crippen molar-refractivity contribution in [2.75, 3.05) is 13.1 Å². The van der Waals surface area contributed by atoms with Gasteiger partial charge in [0.15, 0.2) is 5.69 Å². The molecule has 0 radical (unpaired) electrons. The van der Waals surface area contributed by atoms with Crippen LogP contribution in [0, 0.1) is 0 Å². The van der Waals surface area contributed by atoms with E-state index in [1.54, 1.807) is 0 Å². The van der Waals surface area contributed by atoms with Crippen molar-refractivity contribution in [3.05, 3.63) is 11.4 Å². The van der Waals surface area contributed by atoms with E-state index in [0.717, 1.165) is 19.5 Å². The summed E-state index contributed by atoms with van der Waals surface area (Å²) in [4.78, 5) is 13.0. The van der Waals surface area contributed by atoms with E-state index in [-0.39, 0.29) is 11.7 Å². The highest BCUT2D eigenvalue weighted by atomic mass is 16.4. The van der Waals surface area contributed by atoms with Crippen molar-refractivity contribution in [1.82, 2.24) is 20.3 Å². The van der Waals surface area contributed by atoms with Gasteiger partial charge in [-0.15, -0.1) is 5.10 Å². The predicted molar refractivity (Wildman–Crippen MR) is 47.9 cm³/mol. The van der Waals surface area contributed by atoms with Crippen molar-refractivity contribution in [1.29, 1.82) is 0 Å². The highest BCUT2D eigenvalue weighted by Crippen LogP contribution is 2.32. The number of likely N-dealkylation sites (tertiary alicyclic amines) is 1. The van der Waals surface area contributed by atoms with Crippen molar-refractivity contribution < 1.29 is 9.90 Å². The summed E-state index contributed by atoms with van der Waals surface area (Å²) >= 11 is 0. The minimum atomic E-state index is -1.02. The topological polar surface area (TPSA) is 82.1 Å². The number of aromatic nitrogens is 3. The van der Waals surface area contributed by atoms with Gasteiger partial charge in [0.25, 0.3) is 0 Å². The van der Waals surface area contributed by atoms with Gasteiger partial charge in [0.2, 0.25) is 0 Å². The lowest BCUT2D eigenvalue weighted by molar-refractivity contribution is 0.0667. The van der Waals surface area contributed by atoms with E-state index in [0.29, 0.717) is 5.69 Å². The number of rotatable bonds is 3. The van der Waals surface area contributed by atoms with Gasteiger partial charge in [-0.2, -0.15) is 10.3 Å². The van der Waals surface area contributed by atoms with E-state index in [2.05, 4.69) is 20.3 Å². The number of H-pyrrole nitrogens is 1. The predicted octanol–water partition coefficient (Wildman–Crippen LogP) is 0.270. The molecule has 2 rings (SSSR count). The average molecular weight is 196 g/mol. The van der Waals surface area contributed by atoms with Crippen molar-refractivity contribution >= 4 is 5.97 Å². The highest BCUT2D eigenvalue weighted by Gasteiger charge is 2.33. The Morgan fingerprint density at radius 2 is 2.50 bits per heavy atom. The number of carboxylic acids is 1. The number of carbonyl (C=O) groups is 1. The van der Waals surface area contributed by atoms with Gasteiger partial charge in [-0.3, -0.25) is 4.90 Å². The molecule has 0 aromatic carbocycles. The van der Waals surface area contributed by atoms with Crippen LogP contribution in [0.3, 0.4) is 0 Å². The monoisotopic (exact) mass is 196 g/mol. The van der Waals surface area contributed by atoms with Gasteiger partial charge in [-0.05, 0) is 13.0 Å². The van der Waals surface area contributed by atoms with E-state index in [9.17, 15) is 4.79 Å². The molecule has 0 bridgehead atoms. The number of hydrogen-bond donors (Lipinski definition) is 2. The first-order chi connectivity index (χ1) is 6.74. The quantitative estimate of drug-likeness (QED) is 0.725. The van der Waals surface area contributed by atoms with Crippen LogP contribution in [0.5, 0.6) is 0 Å². The third-order valence-corrected chi connectivity index (χ3v) is 2.63. The fraction of sp³-hybridized carbons (Fsp3) is 0.625. The molecular formula is C8H12N4O2. The SMILES string of the molecule is CCN1CCC1c1n[nH]nc1C(=O)O. The van der Waals surface area contributed by atoms with Gasteiger partial charge in [0.1, 0.15) is 5.69 Å². The molecule has 6 heteroatoms. The van der Waals surface area contributed by atoms with Crippen LogP contribution in [0.1, 0.15) is 35.6 Å². The molecule has 0 saturated carbocycles. The smallest absolute Gasteiger partial charge is 0.358 e. The first-order valence-corrected chi connectivity index (χ1v) is 4.62. The number of aromatic amines is 1. The highest BCUT2D eigenvalue weighted by molar-refractivity contribution is 5.86. The van der Waals surface area contributed by atoms with Crippen molar-refractivity contribution in [2.24, 2.45) is 0 Å². The fourth-order valence-electron chi connectivity index (χ4n) is 1.76. The molecule has 2 heterocycles. The standard InChI is InChI=1S/C8H12N4O2/c1-2-12-4-3-5(12)6-7(8(13)14)10-11-9-6/h5H,2-4H2,1H3,(H,13,14)(H,9,10,11). The Balaban J connectivity index is 2.23. The maximum Gasteiger partial charge on any atom is 0.358 e. The molecule has 1 saturated heterocycles. The Bertz CT molecular complexity index is 347. The van der Waals surface area contributed by atoms with E-state index < -0.39 is 5.97 Å². The Hall–Kier alpha value is -1.43. The fourth-order valence-corrected chi connectivity index (χ4v) is 1.76. The maximum atomic E-state index is 10.8. The largest absolute Gasteiger partial charge is 0.476 e. The minimum absolute atomic E-state index is 0.0492. The Labute approximate surface area is 80.9 Å². The second-order valence-electron chi connectivity index (χ2n) is 3.30. The van der Waals surface area contributed by atoms with E-state index in [1.165, 1.54) is 0 Å². The zero-order valence-electron chi connectivity index (χ0n) is 7.90. The molecule has 0 spiro atoms. The number of aromatic carboxylic acids is 1. The van der Waals surface area contributed by atoms with Gasteiger partial charge in [-0.1, -0.05) is 6.92 Å². The van der Waals surface area contributed by atoms with Crippen LogP contribution >= 0.6 is 0 Å². The number of nitrogens with zero attached hydrogens (tertiary/aromatic N) is 3. The molecule has 0 aliphatic carbocycles. The molecule has 1 unspecified atom stereocenters. The van der Waals surface area contributed by atoms with Gasteiger partial charge in [0.05, 0.1) is 6.04 Å². The molecule has 2 N–H and O–H groups in total. The third-order valence-electron chi connectivity index (χ3n) is 2.63. The summed E-state index contributed by atoms with van der Waals surface area (Å²) in [5, 5.41) is 18.7. The molecule has 6 nitrogen and oxygen atoms in total. The molecule has 1 atom stereocenters. The molecular weight excluding hydrogens is 184 g/mol. The lowest BCUT2D eigenvalue weighted by Crippen LogP contribution is -2.41. The molecule has 1 aliphatic heterocycles. The zero-order chi connectivity index (χ0) is 10.1. The molecule has 1 aliphatic rings. The molecule has 0 amide bonds. The Morgan fingerprint density at radius 1 is 1.71 bits per heavy atom. The first-order valence-electron chi connectivity index (χ1n) is 4.62. The third kappa shape index (κ3) is 1.27. The van der Waals surface area contributed by atoms with Crippen LogP contribution < -0.4 is 0 Å². The second-order valence-corrected chi connectivity index (χ2v) is 3.30. The van der Waals surface area contributed by atoms with Crippen molar-refractivity contribution in [3.8, 4) is 0 Å². The first kappa shape index (κ1) is 9.14.